The Labute approximate surface area is 130 Å². The number of amides is 1. The number of cyclic esters (lactones) is 1. The number of aliphatic hydroxyl groups excluding tert-OH is 3. The summed E-state index contributed by atoms with van der Waals surface area (Å²) in [5.74, 6) is 0. The third-order valence-electron chi connectivity index (χ3n) is 4.39. The van der Waals surface area contributed by atoms with Crippen LogP contribution in [0.15, 0.2) is 0 Å². The van der Waals surface area contributed by atoms with Gasteiger partial charge in [0.05, 0.1) is 0 Å². The van der Waals surface area contributed by atoms with Crippen LogP contribution in [-0.2, 0) is 9.47 Å². The largest absolute Gasteiger partial charge is 0.447 e. The van der Waals surface area contributed by atoms with E-state index in [0.717, 1.165) is 19.3 Å². The second-order valence-corrected chi connectivity index (χ2v) is 6.05. The van der Waals surface area contributed by atoms with E-state index in [2.05, 4.69) is 6.92 Å². The predicted molar refractivity (Wildman–Crippen MR) is 78.1 cm³/mol. The second kappa shape index (κ2) is 8.10. The summed E-state index contributed by atoms with van der Waals surface area (Å²) < 4.78 is 10.5. The zero-order chi connectivity index (χ0) is 16.1. The molecule has 7 nitrogen and oxygen atoms in total. The van der Waals surface area contributed by atoms with Gasteiger partial charge in [0.25, 0.3) is 0 Å². The van der Waals surface area contributed by atoms with Crippen molar-refractivity contribution in [3.8, 4) is 0 Å². The highest BCUT2D eigenvalue weighted by atomic mass is 16.6. The van der Waals surface area contributed by atoms with Crippen molar-refractivity contribution in [1.29, 1.82) is 0 Å². The number of carbonyl (C=O) groups is 1. The molecule has 2 rings (SSSR count). The summed E-state index contributed by atoms with van der Waals surface area (Å²) in [5, 5.41) is 29.8. The van der Waals surface area contributed by atoms with E-state index < -0.39 is 36.7 Å². The van der Waals surface area contributed by atoms with Crippen molar-refractivity contribution in [3.63, 3.8) is 0 Å². The Hall–Kier alpha value is -0.890. The Balaban J connectivity index is 1.81. The molecule has 128 valence electrons. The van der Waals surface area contributed by atoms with Gasteiger partial charge in [-0.1, -0.05) is 39.0 Å². The molecule has 0 aliphatic carbocycles. The molecule has 0 unspecified atom stereocenters. The molecule has 0 radical (unpaired) electrons. The summed E-state index contributed by atoms with van der Waals surface area (Å²) in [6, 6.07) is -0.666. The Kier molecular flexibility index (Phi) is 6.43. The summed E-state index contributed by atoms with van der Waals surface area (Å²) in [6.07, 6.45) is 1.14. The molecule has 2 fully saturated rings. The van der Waals surface area contributed by atoms with E-state index in [9.17, 15) is 20.1 Å². The third-order valence-corrected chi connectivity index (χ3v) is 4.39. The number of hydrogen-bond donors (Lipinski definition) is 3. The lowest BCUT2D eigenvalue weighted by atomic mass is 9.94. The van der Waals surface area contributed by atoms with Crippen LogP contribution >= 0.6 is 0 Å². The van der Waals surface area contributed by atoms with Crippen LogP contribution in [0.5, 0.6) is 0 Å². The number of piperidine rings is 1. The van der Waals surface area contributed by atoms with Crippen molar-refractivity contribution >= 4 is 6.09 Å². The predicted octanol–water partition coefficient (Wildman–Crippen LogP) is 0.607. The summed E-state index contributed by atoms with van der Waals surface area (Å²) in [7, 11) is 0. The average molecular weight is 317 g/mol. The molecular formula is C15H27NO6. The van der Waals surface area contributed by atoms with Gasteiger partial charge in [0.2, 0.25) is 0 Å². The number of rotatable bonds is 8. The van der Waals surface area contributed by atoms with E-state index in [1.54, 1.807) is 0 Å². The van der Waals surface area contributed by atoms with Crippen LogP contribution < -0.4 is 0 Å². The summed E-state index contributed by atoms with van der Waals surface area (Å²) in [6.45, 7) is 2.56. The highest BCUT2D eigenvalue weighted by Crippen LogP contribution is 2.30. The van der Waals surface area contributed by atoms with Gasteiger partial charge >= 0.3 is 6.09 Å². The van der Waals surface area contributed by atoms with Crippen LogP contribution in [0.1, 0.15) is 45.4 Å². The third kappa shape index (κ3) is 3.71. The minimum absolute atomic E-state index is 0.000653. The molecule has 7 heteroatoms. The van der Waals surface area contributed by atoms with Crippen LogP contribution in [0.25, 0.3) is 0 Å². The molecule has 0 aromatic carbocycles. The lowest BCUT2D eigenvalue weighted by molar-refractivity contribution is -0.211. The van der Waals surface area contributed by atoms with Gasteiger partial charge in [-0.2, -0.15) is 0 Å². The number of fused-ring (bicyclic) bond motifs is 1. The highest BCUT2D eigenvalue weighted by Gasteiger charge is 2.54. The topological polar surface area (TPSA) is 99.5 Å². The first kappa shape index (κ1) is 17.5. The zero-order valence-electron chi connectivity index (χ0n) is 13.1. The number of ether oxygens (including phenoxy) is 2. The number of carbonyl (C=O) groups excluding carboxylic acids is 1. The molecule has 0 bridgehead atoms. The number of hydrogen-bond acceptors (Lipinski definition) is 6. The number of unbranched alkanes of at least 4 members (excludes halogenated alkanes) is 5. The molecule has 2 aliphatic heterocycles. The number of nitrogens with zero attached hydrogens (tertiary/aromatic N) is 1. The molecule has 0 aromatic rings. The van der Waals surface area contributed by atoms with Gasteiger partial charge < -0.3 is 24.8 Å². The molecule has 1 amide bonds. The Morgan fingerprint density at radius 2 is 1.77 bits per heavy atom. The van der Waals surface area contributed by atoms with Crippen molar-refractivity contribution in [2.75, 3.05) is 13.2 Å². The van der Waals surface area contributed by atoms with Crippen LogP contribution in [0.2, 0.25) is 0 Å². The summed E-state index contributed by atoms with van der Waals surface area (Å²) in [4.78, 5) is 13.0. The SMILES string of the molecule is CCCCCCCCO[C@@H]1[C@@H](O)[C@@H](O)[C@H](O)[C@H]2COC(=O)N21. The minimum Gasteiger partial charge on any atom is -0.447 e. The summed E-state index contributed by atoms with van der Waals surface area (Å²) in [5.41, 5.74) is 0. The van der Waals surface area contributed by atoms with Gasteiger partial charge in [0.15, 0.2) is 6.23 Å². The zero-order valence-corrected chi connectivity index (χ0v) is 13.1. The molecule has 2 heterocycles. The molecule has 5 atom stereocenters. The van der Waals surface area contributed by atoms with E-state index in [1.165, 1.54) is 24.2 Å². The average Bonchev–Trinajstić information content (AvgIpc) is 2.89. The summed E-state index contributed by atoms with van der Waals surface area (Å²) >= 11 is 0. The van der Waals surface area contributed by atoms with Gasteiger partial charge in [0, 0.05) is 6.61 Å². The molecule has 22 heavy (non-hydrogen) atoms. The normalized spacial score (nSPS) is 34.6. The molecule has 2 aliphatic rings. The van der Waals surface area contributed by atoms with E-state index in [0.29, 0.717) is 6.61 Å². The maximum atomic E-state index is 11.7. The smallest absolute Gasteiger partial charge is 0.412 e. The minimum atomic E-state index is -1.34. The molecule has 0 spiro atoms. The Morgan fingerprint density at radius 1 is 1.09 bits per heavy atom. The van der Waals surface area contributed by atoms with Gasteiger partial charge in [-0.15, -0.1) is 0 Å². The maximum Gasteiger partial charge on any atom is 0.412 e. The molecule has 3 N–H and O–H groups in total. The Morgan fingerprint density at radius 3 is 2.50 bits per heavy atom. The van der Waals surface area contributed by atoms with E-state index >= 15 is 0 Å². The Bertz CT molecular complexity index is 366. The van der Waals surface area contributed by atoms with Crippen molar-refractivity contribution < 1.29 is 29.6 Å². The van der Waals surface area contributed by atoms with Crippen LogP contribution in [0, 0.1) is 0 Å². The monoisotopic (exact) mass is 317 g/mol. The first-order valence-corrected chi connectivity index (χ1v) is 8.18. The quantitative estimate of drug-likeness (QED) is 0.567. The first-order chi connectivity index (χ1) is 10.6. The van der Waals surface area contributed by atoms with Crippen LogP contribution in [-0.4, -0.2) is 70.1 Å². The fourth-order valence-electron chi connectivity index (χ4n) is 3.03. The van der Waals surface area contributed by atoms with Crippen molar-refractivity contribution in [1.82, 2.24) is 4.90 Å². The fraction of sp³-hybridized carbons (Fsp3) is 0.933. The highest BCUT2D eigenvalue weighted by molar-refractivity contribution is 5.71. The van der Waals surface area contributed by atoms with Gasteiger partial charge in [-0.3, -0.25) is 4.90 Å². The molecule has 0 aromatic heterocycles. The van der Waals surface area contributed by atoms with Gasteiger partial charge in [-0.05, 0) is 6.42 Å². The van der Waals surface area contributed by atoms with Crippen molar-refractivity contribution in [2.45, 2.75) is 76.0 Å². The molecule has 0 saturated carbocycles. The molecular weight excluding hydrogens is 290 g/mol. The van der Waals surface area contributed by atoms with E-state index in [-0.39, 0.29) is 6.61 Å². The number of aliphatic hydroxyl groups is 3. The van der Waals surface area contributed by atoms with Crippen molar-refractivity contribution in [3.05, 3.63) is 0 Å². The molecule has 2 saturated heterocycles. The maximum absolute atomic E-state index is 11.7. The lowest BCUT2D eigenvalue weighted by Gasteiger charge is -2.43. The first-order valence-electron chi connectivity index (χ1n) is 8.18. The van der Waals surface area contributed by atoms with Gasteiger partial charge in [-0.25, -0.2) is 4.79 Å². The fourth-order valence-corrected chi connectivity index (χ4v) is 3.03. The van der Waals surface area contributed by atoms with E-state index in [1.807, 2.05) is 0 Å². The van der Waals surface area contributed by atoms with Gasteiger partial charge in [0.1, 0.15) is 31.0 Å². The van der Waals surface area contributed by atoms with E-state index in [4.69, 9.17) is 9.47 Å². The standard InChI is InChI=1S/C15H27NO6/c1-2-3-4-5-6-7-8-21-14-13(19)12(18)11(17)10-9-22-15(20)16(10)14/h10-14,17-19H,2-9H2,1H3/t10-,11-,12+,13+,14-/m1/s1. The van der Waals surface area contributed by atoms with Crippen LogP contribution in [0.4, 0.5) is 4.79 Å². The van der Waals surface area contributed by atoms with Crippen molar-refractivity contribution in [2.24, 2.45) is 0 Å². The lowest BCUT2D eigenvalue weighted by Crippen LogP contribution is -2.66. The van der Waals surface area contributed by atoms with Crippen LogP contribution in [0.3, 0.4) is 0 Å². The second-order valence-electron chi connectivity index (χ2n) is 6.05.